The summed E-state index contributed by atoms with van der Waals surface area (Å²) in [6.45, 7) is 3.24. The van der Waals surface area contributed by atoms with Gasteiger partial charge in [-0.05, 0) is 26.1 Å². The molecule has 0 radical (unpaired) electrons. The van der Waals surface area contributed by atoms with Crippen molar-refractivity contribution in [2.24, 2.45) is 5.41 Å². The highest BCUT2D eigenvalue weighted by Gasteiger charge is 2.21. The third kappa shape index (κ3) is 1.76. The number of aliphatic hydroxyl groups excluding tert-OH is 2. The average Bonchev–Trinajstić information content (AvgIpc) is 1.67. The van der Waals surface area contributed by atoms with E-state index in [1.807, 2.05) is 0 Å². The van der Waals surface area contributed by atoms with E-state index in [9.17, 15) is 0 Å². The van der Waals surface area contributed by atoms with Crippen molar-refractivity contribution in [3.05, 3.63) is 0 Å². The van der Waals surface area contributed by atoms with Gasteiger partial charge < -0.3 is 10.2 Å². The fourth-order valence-corrected chi connectivity index (χ4v) is 0.132. The highest BCUT2D eigenvalue weighted by Crippen LogP contribution is 2.13. The Kier molecular flexibility index (Phi) is 2.37. The van der Waals surface area contributed by atoms with Gasteiger partial charge in [-0.3, -0.25) is 0 Å². The minimum absolute atomic E-state index is 0.109. The molecule has 3 heteroatoms. The standard InChI is InChI=1S/C5H10O2S/c1-5(2,3-6)4(7)8/h6H,3H2,1-2H3,(H,7,8). The molecule has 0 aromatic rings. The van der Waals surface area contributed by atoms with E-state index in [1.165, 1.54) is 0 Å². The van der Waals surface area contributed by atoms with Crippen LogP contribution in [0.25, 0.3) is 0 Å². The van der Waals surface area contributed by atoms with E-state index < -0.39 is 5.41 Å². The van der Waals surface area contributed by atoms with Crippen molar-refractivity contribution >= 4 is 17.3 Å². The number of aliphatic hydroxyl groups is 2. The van der Waals surface area contributed by atoms with Crippen molar-refractivity contribution in [1.82, 2.24) is 0 Å². The summed E-state index contributed by atoms with van der Waals surface area (Å²) in [5, 5.41) is 17.0. The van der Waals surface area contributed by atoms with Gasteiger partial charge in [-0.25, -0.2) is 0 Å². The zero-order chi connectivity index (χ0) is 6.78. The van der Waals surface area contributed by atoms with Crippen molar-refractivity contribution in [1.29, 1.82) is 0 Å². The monoisotopic (exact) mass is 134 g/mol. The van der Waals surface area contributed by atoms with Gasteiger partial charge in [0.05, 0.1) is 12.0 Å². The van der Waals surface area contributed by atoms with Crippen LogP contribution < -0.4 is 0 Å². The number of hydrogen-bond donors (Lipinski definition) is 2. The molecule has 0 bridgehead atoms. The van der Waals surface area contributed by atoms with Gasteiger partial charge in [-0.1, -0.05) is 0 Å². The predicted molar refractivity (Wildman–Crippen MR) is 36.1 cm³/mol. The first-order valence-corrected chi connectivity index (χ1v) is 2.76. The van der Waals surface area contributed by atoms with E-state index in [1.54, 1.807) is 13.8 Å². The maximum atomic E-state index is 8.65. The molecule has 0 aliphatic carbocycles. The molecule has 0 rings (SSSR count). The maximum absolute atomic E-state index is 8.65. The summed E-state index contributed by atoms with van der Waals surface area (Å²) >= 11 is 4.43. The molecule has 0 aromatic carbocycles. The van der Waals surface area contributed by atoms with Crippen LogP contribution in [0.4, 0.5) is 0 Å². The van der Waals surface area contributed by atoms with E-state index in [-0.39, 0.29) is 11.7 Å². The Morgan fingerprint density at radius 1 is 1.62 bits per heavy atom. The zero-order valence-electron chi connectivity index (χ0n) is 5.01. The normalized spacial score (nSPS) is 11.4. The summed E-state index contributed by atoms with van der Waals surface area (Å²) in [6.07, 6.45) is 0. The zero-order valence-corrected chi connectivity index (χ0v) is 5.83. The molecular formula is C5H10O2S. The van der Waals surface area contributed by atoms with Crippen molar-refractivity contribution in [2.45, 2.75) is 13.8 Å². The quantitative estimate of drug-likeness (QED) is 0.551. The molecular weight excluding hydrogens is 124 g/mol. The molecule has 0 spiro atoms. The van der Waals surface area contributed by atoms with Gasteiger partial charge in [-0.2, -0.15) is 0 Å². The second kappa shape index (κ2) is 2.42. The smallest absolute Gasteiger partial charge is 0.164 e. The maximum Gasteiger partial charge on any atom is 0.164 e. The van der Waals surface area contributed by atoms with Crippen molar-refractivity contribution in [2.75, 3.05) is 6.61 Å². The van der Waals surface area contributed by atoms with Crippen LogP contribution in [0.3, 0.4) is 0 Å². The molecule has 0 heterocycles. The Bertz CT molecular complexity index is 98.6. The second-order valence-corrected chi connectivity index (χ2v) is 2.73. The average molecular weight is 134 g/mol. The Hall–Kier alpha value is -0.150. The molecule has 8 heavy (non-hydrogen) atoms. The lowest BCUT2D eigenvalue weighted by atomic mass is 9.97. The second-order valence-electron chi connectivity index (χ2n) is 2.35. The minimum atomic E-state index is -0.616. The molecule has 0 saturated heterocycles. The van der Waals surface area contributed by atoms with Gasteiger partial charge >= 0.3 is 0 Å². The molecule has 2 nitrogen and oxygen atoms in total. The number of rotatable bonds is 2. The molecule has 0 amide bonds. The molecule has 0 aromatic heterocycles. The van der Waals surface area contributed by atoms with E-state index >= 15 is 0 Å². The molecule has 0 unspecified atom stereocenters. The first kappa shape index (κ1) is 7.85. The Morgan fingerprint density at radius 3 is 2.00 bits per heavy atom. The Morgan fingerprint density at radius 2 is 2.00 bits per heavy atom. The number of thiocarbonyl (C=S) groups is 1. The molecule has 0 aliphatic rings. The molecule has 2 N–H and O–H groups in total. The lowest BCUT2D eigenvalue weighted by Gasteiger charge is -2.16. The summed E-state index contributed by atoms with van der Waals surface area (Å²) in [7, 11) is 0. The first-order valence-electron chi connectivity index (χ1n) is 2.35. The van der Waals surface area contributed by atoms with E-state index in [4.69, 9.17) is 10.2 Å². The number of hydrogen-bond acceptors (Lipinski definition) is 2. The van der Waals surface area contributed by atoms with Gasteiger partial charge in [0, 0.05) is 0 Å². The van der Waals surface area contributed by atoms with E-state index in [2.05, 4.69) is 12.2 Å². The molecule has 0 fully saturated rings. The third-order valence-electron chi connectivity index (χ3n) is 0.974. The fourth-order valence-electron chi connectivity index (χ4n) is 0.0676. The first-order chi connectivity index (χ1) is 3.50. The highest BCUT2D eigenvalue weighted by molar-refractivity contribution is 7.80. The van der Waals surface area contributed by atoms with Gasteiger partial charge in [0.2, 0.25) is 0 Å². The van der Waals surface area contributed by atoms with Crippen LogP contribution >= 0.6 is 12.2 Å². The summed E-state index contributed by atoms with van der Waals surface area (Å²) in [6, 6.07) is 0. The molecule has 0 atom stereocenters. The SMILES string of the molecule is CC(C)(CO)C(O)=S. The Labute approximate surface area is 54.1 Å². The topological polar surface area (TPSA) is 40.5 Å². The molecule has 0 saturated carbocycles. The van der Waals surface area contributed by atoms with Crippen LogP contribution in [-0.2, 0) is 0 Å². The van der Waals surface area contributed by atoms with Gasteiger partial charge in [0.1, 0.15) is 0 Å². The van der Waals surface area contributed by atoms with Crippen LogP contribution in [0.5, 0.6) is 0 Å². The lowest BCUT2D eigenvalue weighted by Crippen LogP contribution is -2.25. The van der Waals surface area contributed by atoms with Gasteiger partial charge in [0.15, 0.2) is 5.05 Å². The molecule has 0 aliphatic heterocycles. The van der Waals surface area contributed by atoms with E-state index in [0.29, 0.717) is 0 Å². The minimum Gasteiger partial charge on any atom is -0.502 e. The van der Waals surface area contributed by atoms with Gasteiger partial charge in [-0.15, -0.1) is 0 Å². The Balaban J connectivity index is 3.91. The van der Waals surface area contributed by atoms with Crippen LogP contribution in [-0.4, -0.2) is 21.9 Å². The van der Waals surface area contributed by atoms with Crippen molar-refractivity contribution in [3.63, 3.8) is 0 Å². The van der Waals surface area contributed by atoms with Gasteiger partial charge in [0.25, 0.3) is 0 Å². The largest absolute Gasteiger partial charge is 0.502 e. The summed E-state index contributed by atoms with van der Waals surface area (Å²) < 4.78 is 0. The summed E-state index contributed by atoms with van der Waals surface area (Å²) in [5.74, 6) is 0. The van der Waals surface area contributed by atoms with Crippen LogP contribution in [0.1, 0.15) is 13.8 Å². The van der Waals surface area contributed by atoms with Crippen LogP contribution in [0.15, 0.2) is 0 Å². The summed E-state index contributed by atoms with van der Waals surface area (Å²) in [5.41, 5.74) is -0.616. The predicted octanol–water partition coefficient (Wildman–Crippen LogP) is 0.890. The molecule has 48 valence electrons. The van der Waals surface area contributed by atoms with Crippen molar-refractivity contribution in [3.8, 4) is 0 Å². The van der Waals surface area contributed by atoms with Crippen LogP contribution in [0, 0.1) is 5.41 Å². The lowest BCUT2D eigenvalue weighted by molar-refractivity contribution is 0.199. The fraction of sp³-hybridized carbons (Fsp3) is 0.800. The van der Waals surface area contributed by atoms with Crippen LogP contribution in [0.2, 0.25) is 0 Å². The highest BCUT2D eigenvalue weighted by atomic mass is 32.1. The van der Waals surface area contributed by atoms with Crippen molar-refractivity contribution < 1.29 is 10.2 Å². The van der Waals surface area contributed by atoms with E-state index in [0.717, 1.165) is 0 Å². The summed E-state index contributed by atoms with van der Waals surface area (Å²) in [4.78, 5) is 0. The third-order valence-corrected chi connectivity index (χ3v) is 1.53.